The summed E-state index contributed by atoms with van der Waals surface area (Å²) in [4.78, 5) is 12.3. The molecule has 0 aliphatic carbocycles. The second kappa shape index (κ2) is 4.99. The topological polar surface area (TPSA) is 38.8 Å². The van der Waals surface area contributed by atoms with Crippen molar-refractivity contribution in [2.75, 3.05) is 26.9 Å². The quantitative estimate of drug-likeness (QED) is 0.698. The molecule has 0 N–H and O–H groups in total. The lowest BCUT2D eigenvalue weighted by atomic mass is 10.1. The van der Waals surface area contributed by atoms with E-state index in [4.69, 9.17) is 9.47 Å². The van der Waals surface area contributed by atoms with Crippen molar-refractivity contribution in [1.29, 1.82) is 0 Å². The first-order valence-corrected chi connectivity index (χ1v) is 5.30. The van der Waals surface area contributed by atoms with Crippen LogP contribution >= 0.6 is 0 Å². The molecule has 4 heteroatoms. The van der Waals surface area contributed by atoms with Crippen LogP contribution in [-0.4, -0.2) is 38.1 Å². The third-order valence-corrected chi connectivity index (χ3v) is 2.61. The number of hydrogen-bond donors (Lipinski definition) is 0. The molecular weight excluding hydrogens is 206 g/mol. The van der Waals surface area contributed by atoms with Gasteiger partial charge >= 0.3 is 0 Å². The maximum Gasteiger partial charge on any atom is 0.231 e. The summed E-state index contributed by atoms with van der Waals surface area (Å²) in [5.74, 6) is 1.63. The molecule has 16 heavy (non-hydrogen) atoms. The number of carbonyl (C=O) groups is 1. The number of nitrogens with zero attached hydrogens (tertiary/aromatic N) is 1. The molecule has 0 bridgehead atoms. The van der Waals surface area contributed by atoms with E-state index in [1.54, 1.807) is 0 Å². The molecule has 1 aromatic carbocycles. The molecule has 2 rings (SSSR count). The summed E-state index contributed by atoms with van der Waals surface area (Å²) < 4.78 is 10.5. The van der Waals surface area contributed by atoms with Gasteiger partial charge in [-0.1, -0.05) is 6.07 Å². The van der Waals surface area contributed by atoms with Gasteiger partial charge in [0.05, 0.1) is 6.54 Å². The summed E-state index contributed by atoms with van der Waals surface area (Å²) in [5.41, 5.74) is 1.20. The maximum atomic E-state index is 10.3. The van der Waals surface area contributed by atoms with Gasteiger partial charge in [0.15, 0.2) is 11.5 Å². The molecule has 4 nitrogen and oxygen atoms in total. The minimum Gasteiger partial charge on any atom is -0.454 e. The van der Waals surface area contributed by atoms with Crippen molar-refractivity contribution in [3.63, 3.8) is 0 Å². The van der Waals surface area contributed by atoms with Gasteiger partial charge in [-0.15, -0.1) is 0 Å². The van der Waals surface area contributed by atoms with Crippen LogP contribution in [0.25, 0.3) is 0 Å². The molecule has 0 amide bonds. The molecule has 1 aliphatic rings. The number of fused-ring (bicyclic) bond motifs is 1. The Balaban J connectivity index is 1.92. The van der Waals surface area contributed by atoms with Crippen molar-refractivity contribution in [3.05, 3.63) is 23.8 Å². The Morgan fingerprint density at radius 3 is 3.00 bits per heavy atom. The van der Waals surface area contributed by atoms with Gasteiger partial charge in [-0.2, -0.15) is 0 Å². The van der Waals surface area contributed by atoms with Crippen molar-refractivity contribution < 1.29 is 14.3 Å². The highest BCUT2D eigenvalue weighted by Crippen LogP contribution is 2.32. The van der Waals surface area contributed by atoms with E-state index in [-0.39, 0.29) is 0 Å². The van der Waals surface area contributed by atoms with Crippen molar-refractivity contribution in [3.8, 4) is 11.5 Å². The fraction of sp³-hybridized carbons (Fsp3) is 0.417. The largest absolute Gasteiger partial charge is 0.454 e. The van der Waals surface area contributed by atoms with Gasteiger partial charge in [0.25, 0.3) is 0 Å². The Morgan fingerprint density at radius 1 is 1.38 bits per heavy atom. The van der Waals surface area contributed by atoms with Gasteiger partial charge in [0.2, 0.25) is 6.79 Å². The summed E-state index contributed by atoms with van der Waals surface area (Å²) >= 11 is 0. The van der Waals surface area contributed by atoms with Gasteiger partial charge in [0.1, 0.15) is 6.29 Å². The molecule has 1 aliphatic heterocycles. The predicted octanol–water partition coefficient (Wildman–Crippen LogP) is 1.09. The molecule has 0 aromatic heterocycles. The Hall–Kier alpha value is -1.55. The first kappa shape index (κ1) is 11.0. The van der Waals surface area contributed by atoms with Crippen LogP contribution in [0.3, 0.4) is 0 Å². The van der Waals surface area contributed by atoms with Gasteiger partial charge in [-0.25, -0.2) is 0 Å². The monoisotopic (exact) mass is 221 g/mol. The fourth-order valence-electron chi connectivity index (χ4n) is 1.63. The molecular formula is C12H15NO3. The van der Waals surface area contributed by atoms with Crippen LogP contribution in [0.2, 0.25) is 0 Å². The van der Waals surface area contributed by atoms with E-state index < -0.39 is 0 Å². The molecule has 0 saturated heterocycles. The van der Waals surface area contributed by atoms with E-state index in [0.29, 0.717) is 13.3 Å². The molecule has 0 radical (unpaired) electrons. The smallest absolute Gasteiger partial charge is 0.231 e. The Bertz CT molecular complexity index is 379. The van der Waals surface area contributed by atoms with Crippen LogP contribution in [0.5, 0.6) is 11.5 Å². The SMILES string of the molecule is CN(CC=O)CCc1ccc2c(c1)OCO2. The number of rotatable bonds is 5. The third-order valence-electron chi connectivity index (χ3n) is 2.61. The zero-order valence-electron chi connectivity index (χ0n) is 9.31. The molecule has 1 aromatic rings. The predicted molar refractivity (Wildman–Crippen MR) is 59.8 cm³/mol. The van der Waals surface area contributed by atoms with Gasteiger partial charge in [0, 0.05) is 6.54 Å². The average Bonchev–Trinajstić information content (AvgIpc) is 2.74. The maximum absolute atomic E-state index is 10.3. The number of benzene rings is 1. The lowest BCUT2D eigenvalue weighted by Crippen LogP contribution is -2.23. The Kier molecular flexibility index (Phi) is 3.41. The molecule has 0 spiro atoms. The summed E-state index contributed by atoms with van der Waals surface area (Å²) in [6.07, 6.45) is 1.82. The summed E-state index contributed by atoms with van der Waals surface area (Å²) in [6.45, 7) is 1.65. The van der Waals surface area contributed by atoms with E-state index >= 15 is 0 Å². The van der Waals surface area contributed by atoms with E-state index in [2.05, 4.69) is 0 Å². The molecule has 86 valence electrons. The highest BCUT2D eigenvalue weighted by atomic mass is 16.7. The Morgan fingerprint density at radius 2 is 2.19 bits per heavy atom. The van der Waals surface area contributed by atoms with Gasteiger partial charge in [-0.05, 0) is 31.2 Å². The molecule has 0 saturated carbocycles. The van der Waals surface area contributed by atoms with E-state index in [1.807, 2.05) is 30.1 Å². The standard InChI is InChI=1S/C12H15NO3/c1-13(6-7-14)5-4-10-2-3-11-12(8-10)16-9-15-11/h2-3,7-8H,4-6,9H2,1H3. The van der Waals surface area contributed by atoms with Gasteiger partial charge in [-0.3, -0.25) is 4.90 Å². The molecule has 0 atom stereocenters. The van der Waals surface area contributed by atoms with Crippen molar-refractivity contribution >= 4 is 6.29 Å². The number of likely N-dealkylation sites (N-methyl/N-ethyl adjacent to an activating group) is 1. The molecule has 0 unspecified atom stereocenters. The average molecular weight is 221 g/mol. The van der Waals surface area contributed by atoms with Crippen LogP contribution in [-0.2, 0) is 11.2 Å². The summed E-state index contributed by atoms with van der Waals surface area (Å²) in [5, 5.41) is 0. The second-order valence-corrected chi connectivity index (χ2v) is 3.87. The minimum atomic E-state index is 0.309. The van der Waals surface area contributed by atoms with Crippen molar-refractivity contribution in [1.82, 2.24) is 4.90 Å². The zero-order chi connectivity index (χ0) is 11.4. The number of aldehydes is 1. The first-order valence-electron chi connectivity index (χ1n) is 5.30. The van der Waals surface area contributed by atoms with E-state index in [0.717, 1.165) is 30.8 Å². The summed E-state index contributed by atoms with van der Waals surface area (Å²) in [7, 11) is 1.93. The lowest BCUT2D eigenvalue weighted by molar-refractivity contribution is -0.108. The third kappa shape index (κ3) is 2.52. The fourth-order valence-corrected chi connectivity index (χ4v) is 1.63. The van der Waals surface area contributed by atoms with Crippen molar-refractivity contribution in [2.24, 2.45) is 0 Å². The number of hydrogen-bond acceptors (Lipinski definition) is 4. The zero-order valence-corrected chi connectivity index (χ0v) is 9.31. The van der Waals surface area contributed by atoms with E-state index in [9.17, 15) is 4.79 Å². The second-order valence-electron chi connectivity index (χ2n) is 3.87. The lowest BCUT2D eigenvalue weighted by Gasteiger charge is -2.12. The number of ether oxygens (including phenoxy) is 2. The molecule has 0 fully saturated rings. The van der Waals surface area contributed by atoms with Crippen LogP contribution in [0.4, 0.5) is 0 Å². The minimum absolute atomic E-state index is 0.309. The van der Waals surface area contributed by atoms with Crippen LogP contribution in [0, 0.1) is 0 Å². The first-order chi connectivity index (χ1) is 7.79. The van der Waals surface area contributed by atoms with Gasteiger partial charge < -0.3 is 14.3 Å². The van der Waals surface area contributed by atoms with Crippen molar-refractivity contribution in [2.45, 2.75) is 6.42 Å². The highest BCUT2D eigenvalue weighted by Gasteiger charge is 2.13. The Labute approximate surface area is 94.8 Å². The summed E-state index contributed by atoms with van der Waals surface area (Å²) in [6, 6.07) is 5.96. The highest BCUT2D eigenvalue weighted by molar-refractivity contribution is 5.51. The van der Waals surface area contributed by atoms with Crippen LogP contribution in [0.1, 0.15) is 5.56 Å². The normalized spacial score (nSPS) is 13.1. The molecule has 1 heterocycles. The van der Waals surface area contributed by atoms with Crippen LogP contribution < -0.4 is 9.47 Å². The van der Waals surface area contributed by atoms with E-state index in [1.165, 1.54) is 5.56 Å². The van der Waals surface area contributed by atoms with Crippen LogP contribution in [0.15, 0.2) is 18.2 Å². The number of carbonyl (C=O) groups excluding carboxylic acids is 1.